The maximum atomic E-state index is 8.96. The molecule has 0 aliphatic heterocycles. The van der Waals surface area contributed by atoms with Crippen molar-refractivity contribution in [1.29, 1.82) is 0 Å². The van der Waals surface area contributed by atoms with Crippen molar-refractivity contribution in [2.45, 2.75) is 6.23 Å². The molecule has 0 radical (unpaired) electrons. The summed E-state index contributed by atoms with van der Waals surface area (Å²) in [6, 6.07) is 0. The van der Waals surface area contributed by atoms with Crippen LogP contribution in [0.4, 0.5) is 0 Å². The minimum atomic E-state index is -0.757. The molecule has 1 rings (SSSR count). The summed E-state index contributed by atoms with van der Waals surface area (Å²) in [5.74, 6) is 0. The highest BCUT2D eigenvalue weighted by Crippen LogP contribution is 1.96. The van der Waals surface area contributed by atoms with Crippen molar-refractivity contribution in [3.05, 3.63) is 25.0 Å². The molecule has 1 heterocycles. The first-order valence-corrected chi connectivity index (χ1v) is 2.51. The van der Waals surface area contributed by atoms with E-state index in [-0.39, 0.29) is 0 Å². The second-order valence-electron chi connectivity index (χ2n) is 1.53. The summed E-state index contributed by atoms with van der Waals surface area (Å²) < 4.78 is 1.30. The van der Waals surface area contributed by atoms with Gasteiger partial charge in [-0.3, -0.25) is 0 Å². The van der Waals surface area contributed by atoms with Gasteiger partial charge in [-0.25, -0.2) is 4.68 Å². The van der Waals surface area contributed by atoms with Gasteiger partial charge in [-0.2, -0.15) is 0 Å². The molecule has 9 heavy (non-hydrogen) atoms. The van der Waals surface area contributed by atoms with Crippen molar-refractivity contribution < 1.29 is 5.11 Å². The summed E-state index contributed by atoms with van der Waals surface area (Å²) in [4.78, 5) is 0. The lowest BCUT2D eigenvalue weighted by atomic mass is 10.5. The van der Waals surface area contributed by atoms with Gasteiger partial charge in [-0.15, -0.1) is 5.10 Å². The lowest BCUT2D eigenvalue weighted by Gasteiger charge is -2.00. The SMILES string of the molecule is C=CC(O)n1ccnn1. The molecule has 48 valence electrons. The summed E-state index contributed by atoms with van der Waals surface area (Å²) in [5.41, 5.74) is 0. The fourth-order valence-electron chi connectivity index (χ4n) is 0.466. The smallest absolute Gasteiger partial charge is 0.167 e. The Morgan fingerprint density at radius 3 is 3.00 bits per heavy atom. The Balaban J connectivity index is 2.76. The van der Waals surface area contributed by atoms with Crippen LogP contribution < -0.4 is 0 Å². The van der Waals surface area contributed by atoms with Gasteiger partial charge < -0.3 is 5.11 Å². The Morgan fingerprint density at radius 1 is 1.78 bits per heavy atom. The lowest BCUT2D eigenvalue weighted by molar-refractivity contribution is 0.138. The minimum Gasteiger partial charge on any atom is -0.368 e. The largest absolute Gasteiger partial charge is 0.368 e. The average Bonchev–Trinajstić information content (AvgIpc) is 2.37. The predicted molar refractivity (Wildman–Crippen MR) is 31.5 cm³/mol. The van der Waals surface area contributed by atoms with Crippen molar-refractivity contribution in [3.8, 4) is 0 Å². The van der Waals surface area contributed by atoms with E-state index in [0.717, 1.165) is 0 Å². The molecule has 4 heteroatoms. The monoisotopic (exact) mass is 125 g/mol. The summed E-state index contributed by atoms with van der Waals surface area (Å²) in [6.07, 6.45) is 3.67. The van der Waals surface area contributed by atoms with Gasteiger partial charge in [-0.05, 0) is 6.08 Å². The average molecular weight is 125 g/mol. The van der Waals surface area contributed by atoms with Gasteiger partial charge in [0, 0.05) is 6.20 Å². The molecular formula is C5H7N3O. The van der Waals surface area contributed by atoms with Crippen LogP contribution in [0.3, 0.4) is 0 Å². The molecule has 0 spiro atoms. The number of aromatic nitrogens is 3. The third-order valence-corrected chi connectivity index (χ3v) is 0.923. The van der Waals surface area contributed by atoms with Gasteiger partial charge in [0.15, 0.2) is 6.23 Å². The van der Waals surface area contributed by atoms with E-state index >= 15 is 0 Å². The molecule has 1 atom stereocenters. The molecule has 1 unspecified atom stereocenters. The summed E-state index contributed by atoms with van der Waals surface area (Å²) in [6.45, 7) is 3.38. The second kappa shape index (κ2) is 2.41. The van der Waals surface area contributed by atoms with Crippen LogP contribution >= 0.6 is 0 Å². The first-order chi connectivity index (χ1) is 4.34. The highest BCUT2D eigenvalue weighted by molar-refractivity contribution is 4.77. The summed E-state index contributed by atoms with van der Waals surface area (Å²) in [7, 11) is 0. The van der Waals surface area contributed by atoms with Crippen LogP contribution in [0.25, 0.3) is 0 Å². The molecule has 0 bridgehead atoms. The molecule has 0 fully saturated rings. The predicted octanol–water partition coefficient (Wildman–Crippen LogP) is -0.0450. The number of hydrogen-bond acceptors (Lipinski definition) is 3. The molecule has 4 nitrogen and oxygen atoms in total. The standard InChI is InChI=1S/C5H7N3O/c1-2-5(9)8-4-3-6-7-8/h2-5,9H,1H2. The third kappa shape index (κ3) is 1.14. The number of hydrogen-bond donors (Lipinski definition) is 1. The normalized spacial score (nSPS) is 13.0. The highest BCUT2D eigenvalue weighted by Gasteiger charge is 1.97. The fraction of sp³-hybridized carbons (Fsp3) is 0.200. The van der Waals surface area contributed by atoms with Crippen LogP contribution in [0.1, 0.15) is 6.23 Å². The van der Waals surface area contributed by atoms with Gasteiger partial charge in [0.1, 0.15) is 0 Å². The van der Waals surface area contributed by atoms with E-state index in [9.17, 15) is 0 Å². The summed E-state index contributed by atoms with van der Waals surface area (Å²) >= 11 is 0. The quantitative estimate of drug-likeness (QED) is 0.564. The van der Waals surface area contributed by atoms with E-state index in [1.165, 1.54) is 17.0 Å². The van der Waals surface area contributed by atoms with E-state index in [4.69, 9.17) is 5.11 Å². The molecular weight excluding hydrogens is 118 g/mol. The Kier molecular flexibility index (Phi) is 1.60. The Morgan fingerprint density at radius 2 is 2.56 bits per heavy atom. The zero-order valence-electron chi connectivity index (χ0n) is 4.81. The van der Waals surface area contributed by atoms with Gasteiger partial charge in [0.05, 0.1) is 6.20 Å². The molecule has 1 aromatic rings. The third-order valence-electron chi connectivity index (χ3n) is 0.923. The van der Waals surface area contributed by atoms with Crippen molar-refractivity contribution >= 4 is 0 Å². The molecule has 0 saturated heterocycles. The van der Waals surface area contributed by atoms with Crippen molar-refractivity contribution in [2.75, 3.05) is 0 Å². The Bertz CT molecular complexity index is 182. The molecule has 1 aromatic heterocycles. The molecule has 0 aliphatic carbocycles. The minimum absolute atomic E-state index is 0.757. The van der Waals surface area contributed by atoms with Gasteiger partial charge in [-0.1, -0.05) is 11.8 Å². The summed E-state index contributed by atoms with van der Waals surface area (Å²) in [5, 5.41) is 16.0. The van der Waals surface area contributed by atoms with Crippen molar-refractivity contribution in [2.24, 2.45) is 0 Å². The molecule has 0 aliphatic rings. The van der Waals surface area contributed by atoms with E-state index < -0.39 is 6.23 Å². The van der Waals surface area contributed by atoms with Gasteiger partial charge >= 0.3 is 0 Å². The topological polar surface area (TPSA) is 50.9 Å². The van der Waals surface area contributed by atoms with Crippen LogP contribution in [-0.2, 0) is 0 Å². The molecule has 1 N–H and O–H groups in total. The second-order valence-corrected chi connectivity index (χ2v) is 1.53. The maximum absolute atomic E-state index is 8.96. The Labute approximate surface area is 52.4 Å². The fourth-order valence-corrected chi connectivity index (χ4v) is 0.466. The number of aliphatic hydroxyl groups is 1. The van der Waals surface area contributed by atoms with E-state index in [1.807, 2.05) is 0 Å². The highest BCUT2D eigenvalue weighted by atomic mass is 16.3. The zero-order valence-corrected chi connectivity index (χ0v) is 4.81. The van der Waals surface area contributed by atoms with Crippen LogP contribution in [0.15, 0.2) is 25.0 Å². The van der Waals surface area contributed by atoms with Crippen LogP contribution in [0.2, 0.25) is 0 Å². The van der Waals surface area contributed by atoms with Gasteiger partial charge in [0.25, 0.3) is 0 Å². The Hall–Kier alpha value is -1.16. The number of nitrogens with zero attached hydrogens (tertiary/aromatic N) is 3. The first-order valence-electron chi connectivity index (χ1n) is 2.51. The number of rotatable bonds is 2. The lowest BCUT2D eigenvalue weighted by Crippen LogP contribution is -2.05. The van der Waals surface area contributed by atoms with Crippen LogP contribution in [0, 0.1) is 0 Å². The molecule has 0 amide bonds. The maximum Gasteiger partial charge on any atom is 0.167 e. The molecule has 0 saturated carbocycles. The van der Waals surface area contributed by atoms with Crippen molar-refractivity contribution in [3.63, 3.8) is 0 Å². The zero-order chi connectivity index (χ0) is 6.69. The number of aliphatic hydroxyl groups excluding tert-OH is 1. The van der Waals surface area contributed by atoms with Gasteiger partial charge in [0.2, 0.25) is 0 Å². The van der Waals surface area contributed by atoms with E-state index in [0.29, 0.717) is 0 Å². The van der Waals surface area contributed by atoms with E-state index in [2.05, 4.69) is 16.9 Å². The van der Waals surface area contributed by atoms with E-state index in [1.54, 1.807) is 6.20 Å². The van der Waals surface area contributed by atoms with Crippen LogP contribution in [-0.4, -0.2) is 20.1 Å². The first kappa shape index (κ1) is 5.97. The van der Waals surface area contributed by atoms with Crippen molar-refractivity contribution in [1.82, 2.24) is 15.0 Å². The van der Waals surface area contributed by atoms with Crippen LogP contribution in [0.5, 0.6) is 0 Å². The molecule has 0 aromatic carbocycles.